The van der Waals surface area contributed by atoms with E-state index in [1.165, 1.54) is 0 Å². The van der Waals surface area contributed by atoms with Gasteiger partial charge in [-0.15, -0.1) is 24.0 Å². The van der Waals surface area contributed by atoms with Gasteiger partial charge >= 0.3 is 0 Å². The molecule has 6 nitrogen and oxygen atoms in total. The van der Waals surface area contributed by atoms with E-state index in [2.05, 4.69) is 33.5 Å². The summed E-state index contributed by atoms with van der Waals surface area (Å²) in [6.07, 6.45) is 3.86. The lowest BCUT2D eigenvalue weighted by atomic mass is 10.1. The van der Waals surface area contributed by atoms with Crippen LogP contribution >= 0.6 is 35.6 Å². The first-order valence-electron chi connectivity index (χ1n) is 10.2. The predicted molar refractivity (Wildman–Crippen MR) is 132 cm³/mol. The van der Waals surface area contributed by atoms with Crippen molar-refractivity contribution in [3.63, 3.8) is 0 Å². The van der Waals surface area contributed by atoms with E-state index in [1.807, 2.05) is 32.3 Å². The summed E-state index contributed by atoms with van der Waals surface area (Å²) in [5.41, 5.74) is 1.14. The Kier molecular flexibility index (Phi) is 12.6. The molecule has 29 heavy (non-hydrogen) atoms. The van der Waals surface area contributed by atoms with Gasteiger partial charge in [0, 0.05) is 45.3 Å². The van der Waals surface area contributed by atoms with Gasteiger partial charge in [0.05, 0.1) is 6.04 Å². The van der Waals surface area contributed by atoms with Gasteiger partial charge in [-0.05, 0) is 50.8 Å². The number of hydrogen-bond acceptors (Lipinski definition) is 3. The Labute approximate surface area is 197 Å². The van der Waals surface area contributed by atoms with Crippen molar-refractivity contribution < 1.29 is 4.79 Å². The fraction of sp³-hybridized carbons (Fsp3) is 0.619. The van der Waals surface area contributed by atoms with Crippen molar-refractivity contribution in [3.05, 3.63) is 34.9 Å². The fourth-order valence-electron chi connectivity index (χ4n) is 3.49. The number of carbonyl (C=O) groups excluding carboxylic acids is 1. The topological polar surface area (TPSA) is 60.0 Å². The van der Waals surface area contributed by atoms with Crippen molar-refractivity contribution in [3.8, 4) is 0 Å². The van der Waals surface area contributed by atoms with Crippen molar-refractivity contribution in [2.24, 2.45) is 4.99 Å². The highest BCUT2D eigenvalue weighted by molar-refractivity contribution is 14.0. The van der Waals surface area contributed by atoms with E-state index >= 15 is 0 Å². The summed E-state index contributed by atoms with van der Waals surface area (Å²) in [4.78, 5) is 20.9. The van der Waals surface area contributed by atoms with Gasteiger partial charge in [-0.3, -0.25) is 14.7 Å². The third kappa shape index (κ3) is 8.68. The highest BCUT2D eigenvalue weighted by atomic mass is 127. The molecule has 1 amide bonds. The normalized spacial score (nSPS) is 17.0. The molecule has 1 aromatic carbocycles. The van der Waals surface area contributed by atoms with Crippen molar-refractivity contribution in [1.29, 1.82) is 0 Å². The summed E-state index contributed by atoms with van der Waals surface area (Å²) in [6, 6.07) is 7.97. The van der Waals surface area contributed by atoms with E-state index in [1.54, 1.807) is 4.90 Å². The number of hydrogen-bond donors (Lipinski definition) is 2. The average Bonchev–Trinajstić information content (AvgIpc) is 3.14. The van der Waals surface area contributed by atoms with Gasteiger partial charge < -0.3 is 15.5 Å². The average molecular weight is 536 g/mol. The first kappa shape index (κ1) is 26.0. The van der Waals surface area contributed by atoms with Crippen molar-refractivity contribution >= 4 is 47.4 Å². The van der Waals surface area contributed by atoms with Gasteiger partial charge in [-0.2, -0.15) is 0 Å². The van der Waals surface area contributed by atoms with Gasteiger partial charge in [-0.1, -0.05) is 29.8 Å². The molecule has 1 heterocycles. The molecule has 1 aromatic rings. The maximum Gasteiger partial charge on any atom is 0.239 e. The number of nitrogens with one attached hydrogen (secondary N) is 2. The zero-order valence-electron chi connectivity index (χ0n) is 17.8. The minimum Gasteiger partial charge on any atom is -0.357 e. The summed E-state index contributed by atoms with van der Waals surface area (Å²) in [7, 11) is 3.67. The van der Waals surface area contributed by atoms with E-state index < -0.39 is 0 Å². The quantitative estimate of drug-likeness (QED) is 0.221. The number of likely N-dealkylation sites (N-methyl/N-ethyl adjacent to an activating group) is 1. The minimum absolute atomic E-state index is 0. The molecule has 0 bridgehead atoms. The van der Waals surface area contributed by atoms with E-state index in [0.29, 0.717) is 0 Å². The van der Waals surface area contributed by atoms with Crippen LogP contribution in [0, 0.1) is 0 Å². The third-order valence-electron chi connectivity index (χ3n) is 4.95. The first-order valence-corrected chi connectivity index (χ1v) is 10.6. The molecular weight excluding hydrogens is 501 g/mol. The first-order chi connectivity index (χ1) is 13.5. The number of aliphatic imine (C=N–C) groups is 1. The molecule has 1 fully saturated rings. The Morgan fingerprint density at radius 2 is 2.07 bits per heavy atom. The van der Waals surface area contributed by atoms with Crippen molar-refractivity contribution in [2.45, 2.75) is 38.6 Å². The van der Waals surface area contributed by atoms with Crippen LogP contribution in [0.4, 0.5) is 0 Å². The zero-order valence-corrected chi connectivity index (χ0v) is 20.9. The van der Waals surface area contributed by atoms with Crippen LogP contribution < -0.4 is 10.6 Å². The Hall–Kier alpha value is -1.06. The predicted octanol–water partition coefficient (Wildman–Crippen LogP) is 3.00. The molecule has 0 radical (unpaired) electrons. The zero-order chi connectivity index (χ0) is 20.4. The minimum atomic E-state index is 0. The summed E-state index contributed by atoms with van der Waals surface area (Å²) >= 11 is 6.21. The maximum atomic E-state index is 12.3. The maximum absolute atomic E-state index is 12.3. The van der Waals surface area contributed by atoms with Gasteiger partial charge in [0.2, 0.25) is 5.91 Å². The molecule has 0 saturated carbocycles. The molecule has 1 aliphatic heterocycles. The van der Waals surface area contributed by atoms with Crippen LogP contribution in [0.25, 0.3) is 0 Å². The summed E-state index contributed by atoms with van der Waals surface area (Å²) < 4.78 is 0. The Morgan fingerprint density at radius 1 is 1.31 bits per heavy atom. The largest absolute Gasteiger partial charge is 0.357 e. The Balaban J connectivity index is 0.00000420. The lowest BCUT2D eigenvalue weighted by Gasteiger charge is -2.25. The van der Waals surface area contributed by atoms with Crippen LogP contribution in [-0.2, 0) is 11.2 Å². The monoisotopic (exact) mass is 535 g/mol. The van der Waals surface area contributed by atoms with E-state index in [-0.39, 0.29) is 35.9 Å². The third-order valence-corrected chi connectivity index (χ3v) is 5.32. The molecule has 0 aromatic heterocycles. The summed E-state index contributed by atoms with van der Waals surface area (Å²) in [5, 5.41) is 7.46. The molecule has 2 rings (SSSR count). The Bertz CT molecular complexity index is 656. The molecule has 0 spiro atoms. The summed E-state index contributed by atoms with van der Waals surface area (Å²) in [5.74, 6) is 1.05. The number of likely N-dealkylation sites (tertiary alicyclic amines) is 1. The van der Waals surface area contributed by atoms with Gasteiger partial charge in [0.1, 0.15) is 0 Å². The second-order valence-corrected chi connectivity index (χ2v) is 7.72. The van der Waals surface area contributed by atoms with Crippen molar-refractivity contribution in [1.82, 2.24) is 20.4 Å². The number of carbonyl (C=O) groups is 1. The van der Waals surface area contributed by atoms with Gasteiger partial charge in [0.15, 0.2) is 5.96 Å². The van der Waals surface area contributed by atoms with E-state index in [9.17, 15) is 4.79 Å². The number of amides is 1. The molecule has 164 valence electrons. The van der Waals surface area contributed by atoms with Crippen LogP contribution in [0.5, 0.6) is 0 Å². The van der Waals surface area contributed by atoms with Crippen LogP contribution in [0.3, 0.4) is 0 Å². The lowest BCUT2D eigenvalue weighted by molar-refractivity contribution is -0.133. The molecule has 1 unspecified atom stereocenters. The lowest BCUT2D eigenvalue weighted by Crippen LogP contribution is -2.43. The highest BCUT2D eigenvalue weighted by Gasteiger charge is 2.30. The van der Waals surface area contributed by atoms with Crippen LogP contribution in [0.1, 0.15) is 31.7 Å². The van der Waals surface area contributed by atoms with Crippen LogP contribution in [0.15, 0.2) is 29.3 Å². The molecule has 2 N–H and O–H groups in total. The molecular formula is C21H35ClIN5O. The molecule has 1 saturated heterocycles. The second-order valence-electron chi connectivity index (χ2n) is 7.31. The number of benzene rings is 1. The van der Waals surface area contributed by atoms with Crippen LogP contribution in [-0.4, -0.2) is 74.5 Å². The molecule has 0 aliphatic carbocycles. The number of guanidine groups is 1. The van der Waals surface area contributed by atoms with E-state index in [0.717, 1.165) is 75.0 Å². The number of nitrogens with zero attached hydrogens (tertiary/aromatic N) is 3. The van der Waals surface area contributed by atoms with Gasteiger partial charge in [-0.25, -0.2) is 0 Å². The van der Waals surface area contributed by atoms with Gasteiger partial charge in [0.25, 0.3) is 0 Å². The highest BCUT2D eigenvalue weighted by Crippen LogP contribution is 2.19. The standard InChI is InChI=1S/C21H34ClN5O.HI/c1-4-23-21(25-14-12-17-9-5-6-10-18(17)22)24-13-8-16-27-15-7-11-19(27)20(28)26(2)3;/h5-6,9-10,19H,4,7-8,11-16H2,1-3H3,(H2,23,24,25);1H. The SMILES string of the molecule is CCNC(=NCCCN1CCCC1C(=O)N(C)C)NCCc1ccccc1Cl.I. The fourth-order valence-corrected chi connectivity index (χ4v) is 3.72. The van der Waals surface area contributed by atoms with Crippen molar-refractivity contribution in [2.75, 3.05) is 46.8 Å². The number of rotatable bonds is 9. The van der Waals surface area contributed by atoms with Crippen LogP contribution in [0.2, 0.25) is 5.02 Å². The smallest absolute Gasteiger partial charge is 0.239 e. The molecule has 1 atom stereocenters. The molecule has 1 aliphatic rings. The summed E-state index contributed by atoms with van der Waals surface area (Å²) in [6.45, 7) is 6.31. The Morgan fingerprint density at radius 3 is 2.76 bits per heavy atom. The van der Waals surface area contributed by atoms with E-state index in [4.69, 9.17) is 11.6 Å². The molecule has 8 heteroatoms. The number of halogens is 2. The second kappa shape index (κ2) is 14.0.